The van der Waals surface area contributed by atoms with Crippen molar-refractivity contribution < 1.29 is 5.11 Å². The van der Waals surface area contributed by atoms with Crippen molar-refractivity contribution in [1.29, 1.82) is 0 Å². The lowest BCUT2D eigenvalue weighted by atomic mass is 9.98. The first-order chi connectivity index (χ1) is 10.2. The summed E-state index contributed by atoms with van der Waals surface area (Å²) in [5, 5.41) is 11.7. The summed E-state index contributed by atoms with van der Waals surface area (Å²) in [6, 6.07) is 18.1. The fourth-order valence-electron chi connectivity index (χ4n) is 2.59. The fourth-order valence-corrected chi connectivity index (χ4v) is 2.59. The molecule has 0 aliphatic rings. The number of hydrogen-bond acceptors (Lipinski definition) is 2. The lowest BCUT2D eigenvalue weighted by molar-refractivity contribution is 0.220. The van der Waals surface area contributed by atoms with E-state index in [4.69, 9.17) is 0 Å². The van der Waals surface area contributed by atoms with Crippen molar-refractivity contribution >= 4 is 10.9 Å². The zero-order valence-corrected chi connectivity index (χ0v) is 12.4. The Morgan fingerprint density at radius 2 is 1.81 bits per heavy atom. The molecule has 0 aliphatic heterocycles. The number of aromatic nitrogens is 1. The molecule has 1 aromatic heterocycles. The molecule has 106 valence electrons. The van der Waals surface area contributed by atoms with Crippen molar-refractivity contribution in [2.75, 3.05) is 0 Å². The van der Waals surface area contributed by atoms with Gasteiger partial charge in [-0.05, 0) is 48.2 Å². The van der Waals surface area contributed by atoms with Crippen LogP contribution in [0.25, 0.3) is 10.9 Å². The van der Waals surface area contributed by atoms with Gasteiger partial charge < -0.3 is 5.11 Å². The minimum atomic E-state index is -0.595. The van der Waals surface area contributed by atoms with Crippen LogP contribution in [0.5, 0.6) is 0 Å². The van der Waals surface area contributed by atoms with E-state index in [0.717, 1.165) is 34.1 Å². The Hall–Kier alpha value is -2.19. The summed E-state index contributed by atoms with van der Waals surface area (Å²) >= 11 is 0. The van der Waals surface area contributed by atoms with Crippen molar-refractivity contribution in [2.24, 2.45) is 0 Å². The number of hydrogen-bond donors (Lipinski definition) is 1. The van der Waals surface area contributed by atoms with E-state index in [9.17, 15) is 5.11 Å². The van der Waals surface area contributed by atoms with E-state index in [1.54, 1.807) is 0 Å². The predicted octanol–water partition coefficient (Wildman–Crippen LogP) is 4.19. The van der Waals surface area contributed by atoms with Crippen LogP contribution in [-0.2, 0) is 6.42 Å². The highest BCUT2D eigenvalue weighted by molar-refractivity contribution is 5.79. The van der Waals surface area contributed by atoms with Gasteiger partial charge in [0.25, 0.3) is 0 Å². The second-order valence-corrected chi connectivity index (χ2v) is 5.41. The van der Waals surface area contributed by atoms with Gasteiger partial charge in [-0.3, -0.25) is 4.98 Å². The van der Waals surface area contributed by atoms with Gasteiger partial charge in [0, 0.05) is 11.1 Å². The van der Waals surface area contributed by atoms with E-state index < -0.39 is 6.10 Å². The van der Waals surface area contributed by atoms with Crippen LogP contribution in [0.3, 0.4) is 0 Å². The first-order valence-electron chi connectivity index (χ1n) is 7.31. The Morgan fingerprint density at radius 3 is 2.62 bits per heavy atom. The highest BCUT2D eigenvalue weighted by Gasteiger charge is 2.11. The molecular weight excluding hydrogens is 258 g/mol. The summed E-state index contributed by atoms with van der Waals surface area (Å²) < 4.78 is 0. The van der Waals surface area contributed by atoms with Crippen LogP contribution in [0, 0.1) is 6.92 Å². The van der Waals surface area contributed by atoms with Crippen molar-refractivity contribution in [3.63, 3.8) is 0 Å². The molecule has 1 unspecified atom stereocenters. The number of rotatable bonds is 3. The largest absolute Gasteiger partial charge is 0.384 e. The van der Waals surface area contributed by atoms with E-state index in [-0.39, 0.29) is 0 Å². The monoisotopic (exact) mass is 277 g/mol. The van der Waals surface area contributed by atoms with Gasteiger partial charge in [0.05, 0.1) is 5.52 Å². The minimum absolute atomic E-state index is 0.595. The first kappa shape index (κ1) is 13.8. The predicted molar refractivity (Wildman–Crippen MR) is 86.4 cm³/mol. The molecule has 2 nitrogen and oxygen atoms in total. The van der Waals surface area contributed by atoms with Crippen LogP contribution in [0.2, 0.25) is 0 Å². The molecule has 1 N–H and O–H groups in total. The van der Waals surface area contributed by atoms with Crippen LogP contribution >= 0.6 is 0 Å². The van der Waals surface area contributed by atoms with Crippen molar-refractivity contribution in [2.45, 2.75) is 26.4 Å². The summed E-state index contributed by atoms with van der Waals surface area (Å²) in [6.45, 7) is 4.11. The number of fused-ring (bicyclic) bond motifs is 1. The molecule has 0 spiro atoms. The van der Waals surface area contributed by atoms with E-state index in [0.29, 0.717) is 0 Å². The number of aryl methyl sites for hydroxylation is 2. The van der Waals surface area contributed by atoms with E-state index in [1.807, 2.05) is 43.3 Å². The Kier molecular flexibility index (Phi) is 3.72. The second-order valence-electron chi connectivity index (χ2n) is 5.41. The van der Waals surface area contributed by atoms with Gasteiger partial charge in [0.15, 0.2) is 0 Å². The van der Waals surface area contributed by atoms with E-state index in [2.05, 4.69) is 30.1 Å². The molecule has 0 fully saturated rings. The molecule has 3 rings (SSSR count). The number of aliphatic hydroxyl groups excluding tert-OH is 1. The summed E-state index contributed by atoms with van der Waals surface area (Å²) in [6.07, 6.45) is 0.379. The van der Waals surface area contributed by atoms with Crippen LogP contribution in [-0.4, -0.2) is 10.1 Å². The number of benzene rings is 2. The van der Waals surface area contributed by atoms with Crippen LogP contribution in [0.15, 0.2) is 54.6 Å². The molecule has 21 heavy (non-hydrogen) atoms. The molecule has 0 saturated heterocycles. The van der Waals surface area contributed by atoms with Gasteiger partial charge in [-0.2, -0.15) is 0 Å². The summed E-state index contributed by atoms with van der Waals surface area (Å²) in [5.41, 5.74) is 5.06. The summed E-state index contributed by atoms with van der Waals surface area (Å²) in [4.78, 5) is 4.49. The van der Waals surface area contributed by atoms with E-state index >= 15 is 0 Å². The fraction of sp³-hybridized carbons (Fsp3) is 0.211. The van der Waals surface area contributed by atoms with Gasteiger partial charge in [-0.1, -0.05) is 43.3 Å². The number of nitrogens with zero attached hydrogens (tertiary/aromatic N) is 1. The maximum Gasteiger partial charge on any atom is 0.104 e. The average Bonchev–Trinajstić information content (AvgIpc) is 2.53. The van der Waals surface area contributed by atoms with Gasteiger partial charge >= 0.3 is 0 Å². The third kappa shape index (κ3) is 2.81. The Labute approximate surface area is 125 Å². The Bertz CT molecular complexity index is 779. The first-order valence-corrected chi connectivity index (χ1v) is 7.31. The van der Waals surface area contributed by atoms with E-state index in [1.165, 1.54) is 5.56 Å². The van der Waals surface area contributed by atoms with Crippen molar-refractivity contribution in [1.82, 2.24) is 4.98 Å². The minimum Gasteiger partial charge on any atom is -0.384 e. The molecule has 0 saturated carbocycles. The topological polar surface area (TPSA) is 33.1 Å². The summed E-state index contributed by atoms with van der Waals surface area (Å²) in [7, 11) is 0. The molecule has 3 aromatic rings. The third-order valence-corrected chi connectivity index (χ3v) is 3.84. The maximum atomic E-state index is 10.6. The van der Waals surface area contributed by atoms with Crippen molar-refractivity contribution in [3.8, 4) is 0 Å². The molecule has 2 heteroatoms. The lowest BCUT2D eigenvalue weighted by Crippen LogP contribution is -2.00. The molecule has 1 heterocycles. The standard InChI is InChI=1S/C19H19NO/c1-3-14-5-4-6-16(11-14)19(21)17-9-10-18-15(12-17)8-7-13(2)20-18/h4-12,19,21H,3H2,1-2H3. The molecule has 2 aromatic carbocycles. The highest BCUT2D eigenvalue weighted by Crippen LogP contribution is 2.25. The molecule has 0 bridgehead atoms. The molecule has 0 aliphatic carbocycles. The molecule has 1 atom stereocenters. The maximum absolute atomic E-state index is 10.6. The second kappa shape index (κ2) is 5.66. The zero-order valence-electron chi connectivity index (χ0n) is 12.4. The highest BCUT2D eigenvalue weighted by atomic mass is 16.3. The number of aliphatic hydroxyl groups is 1. The SMILES string of the molecule is CCc1cccc(C(O)c2ccc3nc(C)ccc3c2)c1. The van der Waals surface area contributed by atoms with Gasteiger partial charge in [0.2, 0.25) is 0 Å². The normalized spacial score (nSPS) is 12.5. The average molecular weight is 277 g/mol. The summed E-state index contributed by atoms with van der Waals surface area (Å²) in [5.74, 6) is 0. The smallest absolute Gasteiger partial charge is 0.104 e. The quantitative estimate of drug-likeness (QED) is 0.778. The third-order valence-electron chi connectivity index (χ3n) is 3.84. The lowest BCUT2D eigenvalue weighted by Gasteiger charge is -2.13. The number of pyridine rings is 1. The molecular formula is C19H19NO. The Balaban J connectivity index is 2.00. The van der Waals surface area contributed by atoms with Gasteiger partial charge in [-0.15, -0.1) is 0 Å². The van der Waals surface area contributed by atoms with Crippen LogP contribution in [0.1, 0.15) is 35.4 Å². The van der Waals surface area contributed by atoms with Gasteiger partial charge in [0.1, 0.15) is 6.10 Å². The van der Waals surface area contributed by atoms with Crippen LogP contribution < -0.4 is 0 Å². The molecule has 0 radical (unpaired) electrons. The van der Waals surface area contributed by atoms with Gasteiger partial charge in [-0.25, -0.2) is 0 Å². The zero-order chi connectivity index (χ0) is 14.8. The Morgan fingerprint density at radius 1 is 1.00 bits per heavy atom. The van der Waals surface area contributed by atoms with Crippen molar-refractivity contribution in [3.05, 3.63) is 77.0 Å². The van der Waals surface area contributed by atoms with Crippen LogP contribution in [0.4, 0.5) is 0 Å². The molecule has 0 amide bonds.